The van der Waals surface area contributed by atoms with Crippen molar-refractivity contribution < 1.29 is 17.9 Å². The lowest BCUT2D eigenvalue weighted by Crippen LogP contribution is -2.19. The van der Waals surface area contributed by atoms with E-state index in [-0.39, 0.29) is 16.7 Å². The second-order valence-electron chi connectivity index (χ2n) is 2.57. The number of pyridine rings is 1. The van der Waals surface area contributed by atoms with Crippen molar-refractivity contribution in [2.75, 3.05) is 5.73 Å². The van der Waals surface area contributed by atoms with Gasteiger partial charge in [0.15, 0.2) is 0 Å². The van der Waals surface area contributed by atoms with Crippen LogP contribution in [0.4, 0.5) is 18.9 Å². The number of hydrogen-bond acceptors (Lipinski definition) is 4. The van der Waals surface area contributed by atoms with E-state index < -0.39 is 12.2 Å². The highest BCUT2D eigenvalue weighted by atomic mass is 79.9. The Hall–Kier alpha value is -1.02. The van der Waals surface area contributed by atoms with E-state index in [0.29, 0.717) is 5.56 Å². The van der Waals surface area contributed by atoms with Crippen LogP contribution in [0.2, 0.25) is 0 Å². The molecule has 0 fully saturated rings. The molecular weight excluding hydrogens is 279 g/mol. The zero-order chi connectivity index (χ0) is 11.6. The summed E-state index contributed by atoms with van der Waals surface area (Å²) < 4.78 is 39.5. The maximum Gasteiger partial charge on any atom is 0.574 e. The molecule has 0 amide bonds. The highest BCUT2D eigenvalue weighted by molar-refractivity contribution is 9.10. The number of anilines is 1. The zero-order valence-corrected chi connectivity index (χ0v) is 8.89. The van der Waals surface area contributed by atoms with E-state index in [9.17, 15) is 13.2 Å². The fraction of sp³-hybridized carbons (Fsp3) is 0.286. The van der Waals surface area contributed by atoms with Crippen LogP contribution >= 0.6 is 15.9 Å². The number of nitrogens with two attached hydrogens (primary N) is 2. The van der Waals surface area contributed by atoms with Gasteiger partial charge in [0, 0.05) is 18.3 Å². The molecular formula is C7H7BrF3N3O. The van der Waals surface area contributed by atoms with Crippen LogP contribution in [-0.2, 0) is 6.54 Å². The van der Waals surface area contributed by atoms with Gasteiger partial charge in [0.25, 0.3) is 0 Å². The van der Waals surface area contributed by atoms with Gasteiger partial charge in [-0.3, -0.25) is 0 Å². The lowest BCUT2D eigenvalue weighted by Gasteiger charge is -2.12. The quantitative estimate of drug-likeness (QED) is 0.869. The molecule has 0 bridgehead atoms. The van der Waals surface area contributed by atoms with Gasteiger partial charge in [0.05, 0.1) is 4.47 Å². The summed E-state index contributed by atoms with van der Waals surface area (Å²) in [6, 6.07) is 0. The zero-order valence-electron chi connectivity index (χ0n) is 7.31. The minimum Gasteiger partial charge on any atom is -0.393 e. The molecule has 8 heteroatoms. The average Bonchev–Trinajstić information content (AvgIpc) is 2.11. The SMILES string of the molecule is NCc1cnc(OC(F)(F)F)c(N)c1Br. The largest absolute Gasteiger partial charge is 0.574 e. The Kier molecular flexibility index (Phi) is 3.40. The number of aromatic nitrogens is 1. The molecule has 15 heavy (non-hydrogen) atoms. The molecule has 0 saturated carbocycles. The molecule has 0 aliphatic rings. The Labute approximate surface area is 91.5 Å². The van der Waals surface area contributed by atoms with E-state index in [1.165, 1.54) is 6.20 Å². The summed E-state index contributed by atoms with van der Waals surface area (Å²) in [6.45, 7) is 0.115. The number of hydrogen-bond donors (Lipinski definition) is 2. The highest BCUT2D eigenvalue weighted by Crippen LogP contribution is 2.33. The molecule has 0 aliphatic heterocycles. The van der Waals surface area contributed by atoms with Crippen molar-refractivity contribution in [2.24, 2.45) is 5.73 Å². The molecule has 0 radical (unpaired) electrons. The Morgan fingerprint density at radius 1 is 1.47 bits per heavy atom. The smallest absolute Gasteiger partial charge is 0.393 e. The van der Waals surface area contributed by atoms with E-state index in [1.54, 1.807) is 0 Å². The molecule has 4 nitrogen and oxygen atoms in total. The predicted molar refractivity (Wildman–Crippen MR) is 50.9 cm³/mol. The monoisotopic (exact) mass is 285 g/mol. The first-order chi connectivity index (χ1) is 6.85. The second-order valence-corrected chi connectivity index (χ2v) is 3.36. The summed E-state index contributed by atoms with van der Waals surface area (Å²) in [5, 5.41) is 0. The summed E-state index contributed by atoms with van der Waals surface area (Å²) >= 11 is 3.01. The fourth-order valence-electron chi connectivity index (χ4n) is 0.863. The molecule has 1 rings (SSSR count). The van der Waals surface area contributed by atoms with Crippen LogP contribution in [0, 0.1) is 0 Å². The lowest BCUT2D eigenvalue weighted by molar-refractivity contribution is -0.275. The van der Waals surface area contributed by atoms with Gasteiger partial charge < -0.3 is 16.2 Å². The molecule has 4 N–H and O–H groups in total. The van der Waals surface area contributed by atoms with Gasteiger partial charge >= 0.3 is 6.36 Å². The van der Waals surface area contributed by atoms with Crippen molar-refractivity contribution >= 4 is 21.6 Å². The minimum atomic E-state index is -4.81. The summed E-state index contributed by atoms with van der Waals surface area (Å²) in [4.78, 5) is 3.42. The van der Waals surface area contributed by atoms with Gasteiger partial charge in [-0.2, -0.15) is 0 Å². The predicted octanol–water partition coefficient (Wildman–Crippen LogP) is 1.78. The van der Waals surface area contributed by atoms with Crippen molar-refractivity contribution in [1.29, 1.82) is 0 Å². The summed E-state index contributed by atoms with van der Waals surface area (Å²) in [6.07, 6.45) is -3.65. The fourth-order valence-corrected chi connectivity index (χ4v) is 1.30. The standard InChI is InChI=1S/C7H7BrF3N3O/c8-4-3(1-12)2-14-6(5(4)13)15-7(9,10)11/h2H,1,12-13H2. The van der Waals surface area contributed by atoms with Crippen molar-refractivity contribution in [3.05, 3.63) is 16.2 Å². The average molecular weight is 286 g/mol. The number of halogens is 4. The molecule has 84 valence electrons. The Morgan fingerprint density at radius 3 is 2.53 bits per heavy atom. The van der Waals surface area contributed by atoms with Crippen molar-refractivity contribution in [3.63, 3.8) is 0 Å². The summed E-state index contributed by atoms with van der Waals surface area (Å²) in [5.74, 6) is -0.688. The van der Waals surface area contributed by atoms with Crippen LogP contribution in [0.25, 0.3) is 0 Å². The number of alkyl halides is 3. The minimum absolute atomic E-state index is 0.115. The second kappa shape index (κ2) is 4.23. The van der Waals surface area contributed by atoms with Crippen molar-refractivity contribution in [3.8, 4) is 5.88 Å². The summed E-state index contributed by atoms with van der Waals surface area (Å²) in [5.41, 5.74) is 11.0. The van der Waals surface area contributed by atoms with E-state index in [4.69, 9.17) is 11.5 Å². The van der Waals surface area contributed by atoms with E-state index >= 15 is 0 Å². The third kappa shape index (κ3) is 2.96. The van der Waals surface area contributed by atoms with Crippen molar-refractivity contribution in [1.82, 2.24) is 4.98 Å². The Morgan fingerprint density at radius 2 is 2.07 bits per heavy atom. The number of nitrogen functional groups attached to an aromatic ring is 1. The first kappa shape index (κ1) is 12.1. The van der Waals surface area contributed by atoms with Crippen LogP contribution in [0.3, 0.4) is 0 Å². The molecule has 0 aromatic carbocycles. The maximum absolute atomic E-state index is 11.9. The van der Waals surface area contributed by atoms with Crippen molar-refractivity contribution in [2.45, 2.75) is 12.9 Å². The number of rotatable bonds is 2. The Balaban J connectivity index is 3.07. The van der Waals surface area contributed by atoms with Gasteiger partial charge in [-0.15, -0.1) is 13.2 Å². The third-order valence-corrected chi connectivity index (χ3v) is 2.46. The van der Waals surface area contributed by atoms with Crippen LogP contribution in [0.15, 0.2) is 10.7 Å². The molecule has 1 heterocycles. The number of ether oxygens (including phenoxy) is 1. The highest BCUT2D eigenvalue weighted by Gasteiger charge is 2.33. The molecule has 0 aliphatic carbocycles. The molecule has 0 unspecified atom stereocenters. The van der Waals surface area contributed by atoms with Crippen LogP contribution in [0.1, 0.15) is 5.56 Å². The maximum atomic E-state index is 11.9. The first-order valence-corrected chi connectivity index (χ1v) is 4.53. The Bertz CT molecular complexity index is 369. The van der Waals surface area contributed by atoms with Gasteiger partial charge in [0.2, 0.25) is 5.88 Å². The molecule has 0 saturated heterocycles. The van der Waals surface area contributed by atoms with E-state index in [2.05, 4.69) is 25.7 Å². The normalized spacial score (nSPS) is 11.5. The molecule has 0 atom stereocenters. The summed E-state index contributed by atoms with van der Waals surface area (Å²) in [7, 11) is 0. The topological polar surface area (TPSA) is 74.2 Å². The number of nitrogens with zero attached hydrogens (tertiary/aromatic N) is 1. The van der Waals surface area contributed by atoms with Crippen LogP contribution in [-0.4, -0.2) is 11.3 Å². The molecule has 1 aromatic rings. The van der Waals surface area contributed by atoms with Gasteiger partial charge in [-0.1, -0.05) is 0 Å². The molecule has 0 spiro atoms. The lowest BCUT2D eigenvalue weighted by atomic mass is 10.2. The first-order valence-electron chi connectivity index (χ1n) is 3.74. The van der Waals surface area contributed by atoms with E-state index in [0.717, 1.165) is 0 Å². The van der Waals surface area contributed by atoms with Crippen LogP contribution < -0.4 is 16.2 Å². The van der Waals surface area contributed by atoms with Gasteiger partial charge in [-0.05, 0) is 15.9 Å². The van der Waals surface area contributed by atoms with E-state index in [1.807, 2.05) is 0 Å². The molecule has 1 aromatic heterocycles. The van der Waals surface area contributed by atoms with Gasteiger partial charge in [0.1, 0.15) is 5.69 Å². The van der Waals surface area contributed by atoms with Crippen LogP contribution in [0.5, 0.6) is 5.88 Å². The van der Waals surface area contributed by atoms with Gasteiger partial charge in [-0.25, -0.2) is 4.98 Å². The third-order valence-electron chi connectivity index (χ3n) is 1.52.